The topological polar surface area (TPSA) is 93.8 Å². The number of aromatic nitrogens is 2. The van der Waals surface area contributed by atoms with Gasteiger partial charge in [-0.25, -0.2) is 8.42 Å². The Balaban J connectivity index is 1.46. The Morgan fingerprint density at radius 2 is 2.14 bits per heavy atom. The van der Waals surface area contributed by atoms with Crippen LogP contribution >= 0.6 is 0 Å². The molecule has 1 N–H and O–H groups in total. The molecule has 0 radical (unpaired) electrons. The lowest BCUT2D eigenvalue weighted by atomic mass is 9.70. The molecule has 0 bridgehead atoms. The van der Waals surface area contributed by atoms with Gasteiger partial charge in [-0.05, 0) is 18.9 Å². The van der Waals surface area contributed by atoms with Gasteiger partial charge in [0.1, 0.15) is 10.5 Å². The van der Waals surface area contributed by atoms with Gasteiger partial charge in [0.25, 0.3) is 0 Å². The Morgan fingerprint density at radius 1 is 1.31 bits per heavy atom. The molecule has 0 aliphatic carbocycles. The highest BCUT2D eigenvalue weighted by Gasteiger charge is 2.54. The Bertz CT molecular complexity index is 984. The molecular formula is C20H25N3O5S. The largest absolute Gasteiger partial charge is 0.493 e. The van der Waals surface area contributed by atoms with E-state index in [1.807, 2.05) is 18.2 Å². The maximum absolute atomic E-state index is 12.9. The molecule has 2 saturated heterocycles. The number of H-pyrrole nitrogens is 1. The van der Waals surface area contributed by atoms with Gasteiger partial charge in [0.05, 0.1) is 19.4 Å². The monoisotopic (exact) mass is 419 g/mol. The Morgan fingerprint density at radius 3 is 2.86 bits per heavy atom. The van der Waals surface area contributed by atoms with Crippen molar-refractivity contribution in [3.8, 4) is 11.5 Å². The van der Waals surface area contributed by atoms with Crippen LogP contribution in [0.15, 0.2) is 35.5 Å². The summed E-state index contributed by atoms with van der Waals surface area (Å²) in [5, 5.41) is 6.36. The molecule has 156 valence electrons. The highest BCUT2D eigenvalue weighted by Crippen LogP contribution is 2.55. The van der Waals surface area contributed by atoms with E-state index in [4.69, 9.17) is 14.2 Å². The molecule has 0 saturated carbocycles. The molecule has 8 nitrogen and oxygen atoms in total. The third kappa shape index (κ3) is 2.94. The molecule has 2 fully saturated rings. The second kappa shape index (κ2) is 7.00. The van der Waals surface area contributed by atoms with Crippen LogP contribution in [-0.4, -0.2) is 55.3 Å². The van der Waals surface area contributed by atoms with Gasteiger partial charge in [0, 0.05) is 50.2 Å². The maximum atomic E-state index is 12.9. The molecule has 2 atom stereocenters. The van der Waals surface area contributed by atoms with Crippen LogP contribution in [0.4, 0.5) is 0 Å². The van der Waals surface area contributed by atoms with Crippen molar-refractivity contribution in [2.24, 2.45) is 5.92 Å². The van der Waals surface area contributed by atoms with E-state index in [1.54, 1.807) is 7.11 Å². The number of ether oxygens (including phenoxy) is 3. The number of nitrogens with one attached hydrogen (secondary N) is 1. The molecule has 9 heteroatoms. The zero-order valence-corrected chi connectivity index (χ0v) is 17.2. The molecule has 0 unspecified atom stereocenters. The number of fused-ring (bicyclic) bond motifs is 4. The molecule has 1 spiro atoms. The molecule has 1 aromatic heterocycles. The first-order chi connectivity index (χ1) is 14.0. The number of benzene rings is 1. The first kappa shape index (κ1) is 18.9. The smallest absolute Gasteiger partial charge is 0.246 e. The second-order valence-electron chi connectivity index (χ2n) is 7.92. The van der Waals surface area contributed by atoms with Crippen LogP contribution in [-0.2, 0) is 14.8 Å². The molecule has 2 aromatic rings. The van der Waals surface area contributed by atoms with E-state index in [0.29, 0.717) is 31.7 Å². The quantitative estimate of drug-likeness (QED) is 0.822. The number of sulfonamides is 1. The summed E-state index contributed by atoms with van der Waals surface area (Å²) in [5.74, 6) is 1.64. The third-order valence-electron chi connectivity index (χ3n) is 6.52. The molecule has 0 amide bonds. The molecule has 3 aliphatic rings. The normalized spacial score (nSPS) is 26.4. The van der Waals surface area contributed by atoms with E-state index in [9.17, 15) is 8.42 Å². The predicted octanol–water partition coefficient (Wildman–Crippen LogP) is 2.50. The van der Waals surface area contributed by atoms with Gasteiger partial charge in [-0.2, -0.15) is 9.40 Å². The summed E-state index contributed by atoms with van der Waals surface area (Å²) in [5.41, 5.74) is 0.586. The molecule has 5 rings (SSSR count). The summed E-state index contributed by atoms with van der Waals surface area (Å²) < 4.78 is 45.7. The lowest BCUT2D eigenvalue weighted by Crippen LogP contribution is -2.57. The SMILES string of the molecule is COc1cccc2c1OC1(CCN(S(=O)(=O)c3cn[nH]c3)CC1)[C@H]1CCCO[C@H]21. The Kier molecular flexibility index (Phi) is 4.56. The van der Waals surface area contributed by atoms with Crippen LogP contribution in [0.25, 0.3) is 0 Å². The summed E-state index contributed by atoms with van der Waals surface area (Å²) in [6.07, 6.45) is 5.96. The van der Waals surface area contributed by atoms with Gasteiger partial charge in [-0.15, -0.1) is 0 Å². The molecule has 29 heavy (non-hydrogen) atoms. The number of methoxy groups -OCH3 is 1. The summed E-state index contributed by atoms with van der Waals surface area (Å²) in [6.45, 7) is 1.54. The van der Waals surface area contributed by atoms with Crippen molar-refractivity contribution >= 4 is 10.0 Å². The average molecular weight is 420 g/mol. The fourth-order valence-electron chi connectivity index (χ4n) is 5.04. The molecule has 1 aromatic carbocycles. The van der Waals surface area contributed by atoms with Crippen LogP contribution in [0.1, 0.15) is 37.4 Å². The minimum atomic E-state index is -3.55. The van der Waals surface area contributed by atoms with Crippen LogP contribution in [0.5, 0.6) is 11.5 Å². The molecule has 4 heterocycles. The second-order valence-corrected chi connectivity index (χ2v) is 9.86. The first-order valence-corrected chi connectivity index (χ1v) is 11.5. The zero-order chi connectivity index (χ0) is 20.1. The minimum absolute atomic E-state index is 0.0420. The molecule has 3 aliphatic heterocycles. The van der Waals surface area contributed by atoms with Gasteiger partial charge in [0.2, 0.25) is 10.0 Å². The standard InChI is InChI=1S/C20H25N3O5S/c1-26-17-6-2-4-15-18-16(5-3-11-27-18)20(28-19(15)17)7-9-23(10-8-20)29(24,25)14-12-21-22-13-14/h2,4,6,12-13,16,18H,3,5,7-11H2,1H3,(H,21,22)/t16-,18+/m0/s1. The van der Waals surface area contributed by atoms with Crippen LogP contribution in [0.2, 0.25) is 0 Å². The van der Waals surface area contributed by atoms with Gasteiger partial charge in [-0.3, -0.25) is 5.10 Å². The van der Waals surface area contributed by atoms with Crippen molar-refractivity contribution < 1.29 is 22.6 Å². The van der Waals surface area contributed by atoms with Crippen molar-refractivity contribution in [1.29, 1.82) is 0 Å². The fraction of sp³-hybridized carbons (Fsp3) is 0.550. The lowest BCUT2D eigenvalue weighted by Gasteiger charge is -2.53. The maximum Gasteiger partial charge on any atom is 0.246 e. The number of piperidine rings is 1. The number of hydrogen-bond acceptors (Lipinski definition) is 6. The van der Waals surface area contributed by atoms with E-state index >= 15 is 0 Å². The first-order valence-electron chi connectivity index (χ1n) is 10.0. The average Bonchev–Trinajstić information content (AvgIpc) is 3.30. The van der Waals surface area contributed by atoms with Crippen LogP contribution < -0.4 is 9.47 Å². The van der Waals surface area contributed by atoms with E-state index in [2.05, 4.69) is 10.2 Å². The van der Waals surface area contributed by atoms with Gasteiger partial charge in [0.15, 0.2) is 11.5 Å². The van der Waals surface area contributed by atoms with Crippen LogP contribution in [0, 0.1) is 5.92 Å². The van der Waals surface area contributed by atoms with E-state index in [0.717, 1.165) is 30.8 Å². The summed E-state index contributed by atoms with van der Waals surface area (Å²) >= 11 is 0. The van der Waals surface area contributed by atoms with Crippen molar-refractivity contribution in [2.45, 2.75) is 42.3 Å². The van der Waals surface area contributed by atoms with Gasteiger partial charge in [-0.1, -0.05) is 12.1 Å². The fourth-order valence-corrected chi connectivity index (χ4v) is 6.39. The predicted molar refractivity (Wildman–Crippen MR) is 104 cm³/mol. The van der Waals surface area contributed by atoms with E-state index in [-0.39, 0.29) is 16.9 Å². The summed E-state index contributed by atoms with van der Waals surface area (Å²) in [6, 6.07) is 5.91. The van der Waals surface area contributed by atoms with Crippen molar-refractivity contribution in [2.75, 3.05) is 26.8 Å². The highest BCUT2D eigenvalue weighted by molar-refractivity contribution is 7.89. The van der Waals surface area contributed by atoms with Gasteiger partial charge >= 0.3 is 0 Å². The molecular weight excluding hydrogens is 394 g/mol. The Labute approximate surface area is 170 Å². The van der Waals surface area contributed by atoms with E-state index < -0.39 is 15.6 Å². The lowest BCUT2D eigenvalue weighted by molar-refractivity contribution is -0.146. The highest BCUT2D eigenvalue weighted by atomic mass is 32.2. The number of para-hydroxylation sites is 1. The van der Waals surface area contributed by atoms with Crippen LogP contribution in [0.3, 0.4) is 0 Å². The number of rotatable bonds is 3. The zero-order valence-electron chi connectivity index (χ0n) is 16.3. The Hall–Kier alpha value is -2.10. The minimum Gasteiger partial charge on any atom is -0.493 e. The third-order valence-corrected chi connectivity index (χ3v) is 8.38. The number of nitrogens with zero attached hydrogens (tertiary/aromatic N) is 2. The summed E-state index contributed by atoms with van der Waals surface area (Å²) in [4.78, 5) is 0.198. The van der Waals surface area contributed by atoms with Crippen molar-refractivity contribution in [1.82, 2.24) is 14.5 Å². The summed E-state index contributed by atoms with van der Waals surface area (Å²) in [7, 11) is -1.91. The van der Waals surface area contributed by atoms with Crippen molar-refractivity contribution in [3.63, 3.8) is 0 Å². The van der Waals surface area contributed by atoms with Gasteiger partial charge < -0.3 is 14.2 Å². The van der Waals surface area contributed by atoms with E-state index in [1.165, 1.54) is 16.7 Å². The number of aromatic amines is 1. The van der Waals surface area contributed by atoms with Crippen molar-refractivity contribution in [3.05, 3.63) is 36.2 Å². The number of hydrogen-bond donors (Lipinski definition) is 1.